The van der Waals surface area contributed by atoms with E-state index in [1.807, 2.05) is 6.92 Å². The molecule has 20 heavy (non-hydrogen) atoms. The van der Waals surface area contributed by atoms with Crippen molar-refractivity contribution in [2.75, 3.05) is 0 Å². The van der Waals surface area contributed by atoms with E-state index in [0.29, 0.717) is 11.1 Å². The number of hydrogen-bond acceptors (Lipinski definition) is 2. The van der Waals surface area contributed by atoms with Gasteiger partial charge in [-0.3, -0.25) is 4.98 Å². The molecule has 1 N–H and O–H groups in total. The third-order valence-corrected chi connectivity index (χ3v) is 3.12. The molecule has 1 unspecified atom stereocenters. The predicted molar refractivity (Wildman–Crippen MR) is 69.1 cm³/mol. The molecule has 2 rings (SSSR count). The summed E-state index contributed by atoms with van der Waals surface area (Å²) in [5.74, 6) is 0. The number of halogens is 3. The smallest absolute Gasteiger partial charge is 0.388 e. The fourth-order valence-corrected chi connectivity index (χ4v) is 2.03. The first kappa shape index (κ1) is 14.5. The number of aliphatic hydroxyl groups excluding tert-OH is 1. The zero-order chi connectivity index (χ0) is 14.8. The number of hydrogen-bond donors (Lipinski definition) is 1. The summed E-state index contributed by atoms with van der Waals surface area (Å²) in [6, 6.07) is 6.76. The average molecular weight is 281 g/mol. The highest BCUT2D eigenvalue weighted by Gasteiger charge is 2.30. The Bertz CT molecular complexity index is 596. The van der Waals surface area contributed by atoms with Gasteiger partial charge in [0, 0.05) is 24.4 Å². The number of aryl methyl sites for hydroxylation is 1. The number of benzene rings is 1. The molecular formula is C15H14F3NO. The van der Waals surface area contributed by atoms with Crippen LogP contribution in [-0.4, -0.2) is 10.1 Å². The zero-order valence-corrected chi connectivity index (χ0v) is 10.9. The molecule has 5 heteroatoms. The van der Waals surface area contributed by atoms with E-state index in [2.05, 4.69) is 4.98 Å². The van der Waals surface area contributed by atoms with E-state index in [-0.39, 0.29) is 6.42 Å². The fraction of sp³-hybridized carbons (Fsp3) is 0.267. The molecule has 1 aromatic carbocycles. The molecule has 0 aliphatic rings. The van der Waals surface area contributed by atoms with Gasteiger partial charge in [0.15, 0.2) is 0 Å². The van der Waals surface area contributed by atoms with Crippen LogP contribution in [0.3, 0.4) is 0 Å². The molecule has 1 heterocycles. The quantitative estimate of drug-likeness (QED) is 0.930. The van der Waals surface area contributed by atoms with Crippen LogP contribution >= 0.6 is 0 Å². The van der Waals surface area contributed by atoms with Gasteiger partial charge in [0.1, 0.15) is 0 Å². The molecular weight excluding hydrogens is 267 g/mol. The summed E-state index contributed by atoms with van der Waals surface area (Å²) in [4.78, 5) is 3.93. The summed E-state index contributed by atoms with van der Waals surface area (Å²) >= 11 is 0. The summed E-state index contributed by atoms with van der Waals surface area (Å²) in [6.45, 7) is 1.83. The largest absolute Gasteiger partial charge is 0.416 e. The number of alkyl halides is 3. The monoisotopic (exact) mass is 281 g/mol. The minimum atomic E-state index is -4.37. The van der Waals surface area contributed by atoms with E-state index in [1.165, 1.54) is 12.3 Å². The van der Waals surface area contributed by atoms with Crippen LogP contribution in [0.1, 0.15) is 28.4 Å². The molecule has 0 aliphatic heterocycles. The van der Waals surface area contributed by atoms with Gasteiger partial charge in [0.2, 0.25) is 0 Å². The van der Waals surface area contributed by atoms with E-state index >= 15 is 0 Å². The Morgan fingerprint density at radius 1 is 1.25 bits per heavy atom. The topological polar surface area (TPSA) is 33.1 Å². The van der Waals surface area contributed by atoms with Crippen molar-refractivity contribution in [1.82, 2.24) is 4.98 Å². The Hall–Kier alpha value is -1.88. The molecule has 0 radical (unpaired) electrons. The molecule has 0 bridgehead atoms. The summed E-state index contributed by atoms with van der Waals surface area (Å²) in [6.07, 6.45) is -1.97. The summed E-state index contributed by atoms with van der Waals surface area (Å²) < 4.78 is 37.9. The van der Waals surface area contributed by atoms with Crippen molar-refractivity contribution in [3.8, 4) is 0 Å². The molecule has 1 aromatic heterocycles. The van der Waals surface area contributed by atoms with Gasteiger partial charge < -0.3 is 5.11 Å². The van der Waals surface area contributed by atoms with Gasteiger partial charge >= 0.3 is 6.18 Å². The SMILES string of the molecule is Cc1ccncc1C(O)Cc1cccc(C(F)(F)F)c1. The van der Waals surface area contributed by atoms with Gasteiger partial charge in [-0.15, -0.1) is 0 Å². The lowest BCUT2D eigenvalue weighted by Crippen LogP contribution is -2.08. The van der Waals surface area contributed by atoms with Crippen LogP contribution < -0.4 is 0 Å². The Morgan fingerprint density at radius 3 is 2.65 bits per heavy atom. The van der Waals surface area contributed by atoms with Crippen molar-refractivity contribution in [3.05, 3.63) is 65.0 Å². The predicted octanol–water partition coefficient (Wildman–Crippen LogP) is 3.68. The van der Waals surface area contributed by atoms with Crippen LogP contribution in [0.25, 0.3) is 0 Å². The highest BCUT2D eigenvalue weighted by atomic mass is 19.4. The van der Waals surface area contributed by atoms with Crippen LogP contribution in [-0.2, 0) is 12.6 Å². The van der Waals surface area contributed by atoms with Crippen LogP contribution in [0.15, 0.2) is 42.7 Å². The molecule has 2 nitrogen and oxygen atoms in total. The van der Waals surface area contributed by atoms with Crippen LogP contribution in [0, 0.1) is 6.92 Å². The van der Waals surface area contributed by atoms with Gasteiger partial charge in [0.25, 0.3) is 0 Å². The molecule has 0 fully saturated rings. The van der Waals surface area contributed by atoms with Crippen molar-refractivity contribution in [3.63, 3.8) is 0 Å². The van der Waals surface area contributed by atoms with Crippen molar-refractivity contribution < 1.29 is 18.3 Å². The molecule has 0 saturated carbocycles. The fourth-order valence-electron chi connectivity index (χ4n) is 2.03. The van der Waals surface area contributed by atoms with Crippen molar-refractivity contribution in [2.45, 2.75) is 25.6 Å². The van der Waals surface area contributed by atoms with E-state index in [9.17, 15) is 18.3 Å². The maximum absolute atomic E-state index is 12.6. The van der Waals surface area contributed by atoms with Gasteiger partial charge in [0.05, 0.1) is 11.7 Å². The highest BCUT2D eigenvalue weighted by molar-refractivity contribution is 5.29. The Balaban J connectivity index is 2.20. The lowest BCUT2D eigenvalue weighted by Gasteiger charge is -2.14. The normalized spacial score (nSPS) is 13.2. The molecule has 0 spiro atoms. The van der Waals surface area contributed by atoms with Crippen molar-refractivity contribution >= 4 is 0 Å². The second-order valence-electron chi connectivity index (χ2n) is 4.65. The van der Waals surface area contributed by atoms with Gasteiger partial charge in [-0.2, -0.15) is 13.2 Å². The minimum absolute atomic E-state index is 0.121. The molecule has 1 atom stereocenters. The molecule has 106 valence electrons. The van der Waals surface area contributed by atoms with Crippen molar-refractivity contribution in [2.24, 2.45) is 0 Å². The van der Waals surface area contributed by atoms with Gasteiger partial charge in [-0.05, 0) is 30.2 Å². The number of pyridine rings is 1. The molecule has 0 saturated heterocycles. The third kappa shape index (κ3) is 3.36. The first-order chi connectivity index (χ1) is 9.38. The lowest BCUT2D eigenvalue weighted by molar-refractivity contribution is -0.137. The second kappa shape index (κ2) is 5.63. The third-order valence-electron chi connectivity index (χ3n) is 3.12. The highest BCUT2D eigenvalue weighted by Crippen LogP contribution is 2.30. The van der Waals surface area contributed by atoms with E-state index in [1.54, 1.807) is 18.3 Å². The molecule has 2 aromatic rings. The first-order valence-corrected chi connectivity index (χ1v) is 6.12. The van der Waals surface area contributed by atoms with Crippen LogP contribution in [0.5, 0.6) is 0 Å². The number of rotatable bonds is 3. The zero-order valence-electron chi connectivity index (χ0n) is 10.9. The number of aromatic nitrogens is 1. The summed E-state index contributed by atoms with van der Waals surface area (Å²) in [7, 11) is 0. The van der Waals surface area contributed by atoms with Crippen LogP contribution in [0.4, 0.5) is 13.2 Å². The maximum Gasteiger partial charge on any atom is 0.416 e. The van der Waals surface area contributed by atoms with Gasteiger partial charge in [-0.25, -0.2) is 0 Å². The first-order valence-electron chi connectivity index (χ1n) is 6.12. The van der Waals surface area contributed by atoms with Gasteiger partial charge in [-0.1, -0.05) is 18.2 Å². The standard InChI is InChI=1S/C15H14F3NO/c1-10-5-6-19-9-13(10)14(20)8-11-3-2-4-12(7-11)15(16,17)18/h2-7,9,14,20H,8H2,1H3. The second-order valence-corrected chi connectivity index (χ2v) is 4.65. The van der Waals surface area contributed by atoms with Crippen LogP contribution in [0.2, 0.25) is 0 Å². The molecule has 0 aliphatic carbocycles. The minimum Gasteiger partial charge on any atom is -0.388 e. The lowest BCUT2D eigenvalue weighted by atomic mass is 9.98. The number of aliphatic hydroxyl groups is 1. The van der Waals surface area contributed by atoms with Crippen molar-refractivity contribution in [1.29, 1.82) is 0 Å². The number of nitrogens with zero attached hydrogens (tertiary/aromatic N) is 1. The summed E-state index contributed by atoms with van der Waals surface area (Å²) in [5, 5.41) is 10.1. The van der Waals surface area contributed by atoms with E-state index < -0.39 is 17.8 Å². The van der Waals surface area contributed by atoms with E-state index in [0.717, 1.165) is 17.7 Å². The average Bonchev–Trinajstić information content (AvgIpc) is 2.38. The Morgan fingerprint density at radius 2 is 2.00 bits per heavy atom. The van der Waals surface area contributed by atoms with E-state index in [4.69, 9.17) is 0 Å². The Labute approximate surface area is 114 Å². The Kier molecular flexibility index (Phi) is 4.09. The summed E-state index contributed by atoms with van der Waals surface area (Å²) in [5.41, 5.74) is 1.23. The molecule has 0 amide bonds. The maximum atomic E-state index is 12.6.